The molecule has 1 heterocycles. The van der Waals surface area contributed by atoms with Crippen LogP contribution in [0.3, 0.4) is 0 Å². The summed E-state index contributed by atoms with van der Waals surface area (Å²) in [7, 11) is 0. The summed E-state index contributed by atoms with van der Waals surface area (Å²) < 4.78 is 0. The number of rotatable bonds is 6. The Bertz CT molecular complexity index is 752. The summed E-state index contributed by atoms with van der Waals surface area (Å²) in [6.45, 7) is 9.98. The first-order valence-corrected chi connectivity index (χ1v) is 8.98. The van der Waals surface area contributed by atoms with Crippen molar-refractivity contribution in [3.8, 4) is 0 Å². The van der Waals surface area contributed by atoms with Crippen LogP contribution in [0.25, 0.3) is 0 Å². The zero-order chi connectivity index (χ0) is 19.4. The minimum Gasteiger partial charge on any atom is -0.369 e. The Morgan fingerprint density at radius 2 is 2.08 bits per heavy atom. The number of carbonyl (C=O) groups is 2. The summed E-state index contributed by atoms with van der Waals surface area (Å²) in [5.41, 5.74) is 2.68. The van der Waals surface area contributed by atoms with Crippen LogP contribution >= 0.6 is 0 Å². The number of nitrogens with one attached hydrogen (secondary N) is 3. The van der Waals surface area contributed by atoms with E-state index in [4.69, 9.17) is 5.41 Å². The Kier molecular flexibility index (Phi) is 6.18. The van der Waals surface area contributed by atoms with Gasteiger partial charge in [-0.15, -0.1) is 0 Å². The lowest BCUT2D eigenvalue weighted by atomic mass is 9.96. The Hall–Kier alpha value is -2.63. The average Bonchev–Trinajstić information content (AvgIpc) is 2.56. The lowest BCUT2D eigenvalue weighted by molar-refractivity contribution is -0.132. The summed E-state index contributed by atoms with van der Waals surface area (Å²) in [6, 6.07) is 6.74. The predicted octanol–water partition coefficient (Wildman–Crippen LogP) is 2.59. The largest absolute Gasteiger partial charge is 0.369 e. The number of benzene rings is 1. The fourth-order valence-corrected chi connectivity index (χ4v) is 3.07. The molecular formula is C20H28N4O2. The van der Waals surface area contributed by atoms with E-state index in [9.17, 15) is 9.59 Å². The molecule has 0 spiro atoms. The molecule has 0 unspecified atom stereocenters. The second-order valence-electron chi connectivity index (χ2n) is 6.93. The molecule has 1 aromatic carbocycles. The van der Waals surface area contributed by atoms with Gasteiger partial charge in [0, 0.05) is 35.9 Å². The third-order valence-corrected chi connectivity index (χ3v) is 4.31. The first kappa shape index (κ1) is 19.7. The lowest BCUT2D eigenvalue weighted by Crippen LogP contribution is -2.54. The van der Waals surface area contributed by atoms with E-state index in [1.165, 1.54) is 0 Å². The predicted molar refractivity (Wildman–Crippen MR) is 103 cm³/mol. The number of nitrogens with zero attached hydrogens (tertiary/aromatic N) is 1. The van der Waals surface area contributed by atoms with Crippen molar-refractivity contribution in [3.05, 3.63) is 46.8 Å². The van der Waals surface area contributed by atoms with E-state index in [1.807, 2.05) is 39.8 Å². The molecule has 26 heavy (non-hydrogen) atoms. The quantitative estimate of drug-likeness (QED) is 0.685. The topological polar surface area (TPSA) is 85.3 Å². The van der Waals surface area contributed by atoms with Crippen molar-refractivity contribution in [1.82, 2.24) is 15.5 Å². The number of hydrogen-bond acceptors (Lipinski definition) is 4. The van der Waals surface area contributed by atoms with Gasteiger partial charge in [-0.1, -0.05) is 17.7 Å². The number of aryl methyl sites for hydroxylation is 1. The molecule has 140 valence electrons. The van der Waals surface area contributed by atoms with Crippen LogP contribution in [0.5, 0.6) is 0 Å². The lowest BCUT2D eigenvalue weighted by Gasteiger charge is -2.37. The standard InChI is InChI=1S/C20H28N4O2/c1-6-24-18(22-12(2)3)16(14(5)21)11-17(20(24)26)23-19(25)15-9-7-8-13(4)10-15/h7-10,12,17,21-22H,6,11H2,1-5H3,(H,23,25)/t17-/m0/s1. The molecule has 0 saturated carbocycles. The van der Waals surface area contributed by atoms with Crippen LogP contribution in [0.2, 0.25) is 0 Å². The minimum atomic E-state index is -0.670. The Balaban J connectivity index is 2.31. The van der Waals surface area contributed by atoms with Crippen molar-refractivity contribution in [3.63, 3.8) is 0 Å². The fraction of sp³-hybridized carbons (Fsp3) is 0.450. The van der Waals surface area contributed by atoms with Gasteiger partial charge in [-0.3, -0.25) is 14.5 Å². The number of carbonyl (C=O) groups excluding carboxylic acids is 2. The van der Waals surface area contributed by atoms with E-state index >= 15 is 0 Å². The first-order valence-electron chi connectivity index (χ1n) is 8.98. The van der Waals surface area contributed by atoms with E-state index in [-0.39, 0.29) is 17.9 Å². The van der Waals surface area contributed by atoms with Crippen molar-refractivity contribution in [2.75, 3.05) is 6.54 Å². The number of amides is 2. The Morgan fingerprint density at radius 1 is 1.38 bits per heavy atom. The monoisotopic (exact) mass is 356 g/mol. The highest BCUT2D eigenvalue weighted by molar-refractivity contribution is 6.02. The zero-order valence-electron chi connectivity index (χ0n) is 16.1. The van der Waals surface area contributed by atoms with E-state index in [2.05, 4.69) is 10.6 Å². The van der Waals surface area contributed by atoms with Gasteiger partial charge < -0.3 is 16.0 Å². The van der Waals surface area contributed by atoms with Crippen molar-refractivity contribution in [1.29, 1.82) is 5.41 Å². The Labute approximate surface area is 155 Å². The van der Waals surface area contributed by atoms with Gasteiger partial charge in [0.05, 0.1) is 0 Å². The molecule has 2 amide bonds. The third kappa shape index (κ3) is 4.31. The van der Waals surface area contributed by atoms with Gasteiger partial charge in [0.2, 0.25) is 0 Å². The Morgan fingerprint density at radius 3 is 2.62 bits per heavy atom. The number of likely N-dealkylation sites (N-methyl/N-ethyl adjacent to an activating group) is 1. The van der Waals surface area contributed by atoms with Crippen molar-refractivity contribution in [2.45, 2.75) is 53.1 Å². The van der Waals surface area contributed by atoms with Gasteiger partial charge in [-0.2, -0.15) is 0 Å². The van der Waals surface area contributed by atoms with Crippen molar-refractivity contribution in [2.24, 2.45) is 0 Å². The molecule has 1 aliphatic rings. The highest BCUT2D eigenvalue weighted by Crippen LogP contribution is 2.24. The van der Waals surface area contributed by atoms with E-state index in [0.717, 1.165) is 11.1 Å². The van der Waals surface area contributed by atoms with Crippen LogP contribution in [0, 0.1) is 12.3 Å². The average molecular weight is 356 g/mol. The molecule has 0 bridgehead atoms. The molecule has 1 aromatic rings. The molecule has 3 N–H and O–H groups in total. The summed E-state index contributed by atoms with van der Waals surface area (Å²) in [5.74, 6) is 0.257. The van der Waals surface area contributed by atoms with E-state index in [0.29, 0.717) is 30.1 Å². The van der Waals surface area contributed by atoms with Gasteiger partial charge in [0.1, 0.15) is 11.9 Å². The van der Waals surface area contributed by atoms with Crippen LogP contribution < -0.4 is 10.6 Å². The normalized spacial score (nSPS) is 17.5. The zero-order valence-corrected chi connectivity index (χ0v) is 16.1. The van der Waals surface area contributed by atoms with Gasteiger partial charge in [-0.05, 0) is 46.8 Å². The maximum absolute atomic E-state index is 12.9. The number of hydrogen-bond donors (Lipinski definition) is 3. The SMILES string of the molecule is CCN1C(=O)[C@@H](NC(=O)c2cccc(C)c2)CC(C(C)=N)=C1NC(C)C. The first-order chi connectivity index (χ1) is 12.2. The highest BCUT2D eigenvalue weighted by Gasteiger charge is 2.35. The fourth-order valence-electron chi connectivity index (χ4n) is 3.07. The van der Waals surface area contributed by atoms with Gasteiger partial charge in [0.25, 0.3) is 11.8 Å². The summed E-state index contributed by atoms with van der Waals surface area (Å²) in [4.78, 5) is 27.1. The molecule has 6 nitrogen and oxygen atoms in total. The summed E-state index contributed by atoms with van der Waals surface area (Å²) >= 11 is 0. The summed E-state index contributed by atoms with van der Waals surface area (Å²) in [6.07, 6.45) is 0.317. The molecule has 0 fully saturated rings. The van der Waals surface area contributed by atoms with Crippen LogP contribution in [-0.4, -0.2) is 41.1 Å². The van der Waals surface area contributed by atoms with Gasteiger partial charge >= 0.3 is 0 Å². The molecule has 1 aliphatic heterocycles. The smallest absolute Gasteiger partial charge is 0.251 e. The summed E-state index contributed by atoms with van der Waals surface area (Å²) in [5, 5.41) is 14.2. The van der Waals surface area contributed by atoms with Crippen LogP contribution in [-0.2, 0) is 4.79 Å². The van der Waals surface area contributed by atoms with E-state index < -0.39 is 6.04 Å². The van der Waals surface area contributed by atoms with Crippen molar-refractivity contribution >= 4 is 17.5 Å². The molecular weight excluding hydrogens is 328 g/mol. The van der Waals surface area contributed by atoms with Crippen LogP contribution in [0.1, 0.15) is 50.0 Å². The van der Waals surface area contributed by atoms with Crippen molar-refractivity contribution < 1.29 is 9.59 Å². The molecule has 0 saturated heterocycles. The molecule has 0 aromatic heterocycles. The molecule has 1 atom stereocenters. The second-order valence-corrected chi connectivity index (χ2v) is 6.93. The maximum atomic E-state index is 12.9. The minimum absolute atomic E-state index is 0.139. The second kappa shape index (κ2) is 8.17. The molecule has 0 aliphatic carbocycles. The van der Waals surface area contributed by atoms with Gasteiger partial charge in [0.15, 0.2) is 0 Å². The molecule has 0 radical (unpaired) electrons. The van der Waals surface area contributed by atoms with Gasteiger partial charge in [-0.25, -0.2) is 0 Å². The molecule has 6 heteroatoms. The highest BCUT2D eigenvalue weighted by atomic mass is 16.2. The molecule has 2 rings (SSSR count). The third-order valence-electron chi connectivity index (χ3n) is 4.31. The van der Waals surface area contributed by atoms with E-state index in [1.54, 1.807) is 24.0 Å². The maximum Gasteiger partial charge on any atom is 0.251 e. The van der Waals surface area contributed by atoms with Crippen LogP contribution in [0.15, 0.2) is 35.7 Å². The van der Waals surface area contributed by atoms with Crippen LogP contribution in [0.4, 0.5) is 0 Å².